The Morgan fingerprint density at radius 3 is 1.79 bits per heavy atom. The first kappa shape index (κ1) is 33.8. The smallest absolute Gasteiger partial charge is 0.164 e. The molecule has 6 aromatic carbocycles. The van der Waals surface area contributed by atoms with Crippen LogP contribution >= 0.6 is 0 Å². The van der Waals surface area contributed by atoms with Crippen LogP contribution in [0.2, 0.25) is 0 Å². The first-order valence-corrected chi connectivity index (χ1v) is 20.9. The molecule has 58 heavy (non-hydrogen) atoms. The van der Waals surface area contributed by atoms with E-state index >= 15 is 4.39 Å². The molecule has 0 N–H and O–H groups in total. The van der Waals surface area contributed by atoms with Crippen molar-refractivity contribution >= 4 is 0 Å². The van der Waals surface area contributed by atoms with E-state index in [1.54, 1.807) is 12.1 Å². The molecule has 4 bridgehead atoms. The van der Waals surface area contributed by atoms with Crippen molar-refractivity contribution in [1.82, 2.24) is 15.0 Å². The molecule has 280 valence electrons. The summed E-state index contributed by atoms with van der Waals surface area (Å²) in [6.07, 6.45) is 6.40. The lowest BCUT2D eigenvalue weighted by Crippen LogP contribution is -2.55. The average molecular weight is 753 g/mol. The quantitative estimate of drug-likeness (QED) is 0.180. The molecule has 1 aromatic heterocycles. The SMILES string of the molecule is CC1(C)c2cc(-c3nc(-c4ccccc4)nc(-c4ccccc4)n3)ccc2-c2c(-c3ccc4c(c3)-c3cccc(C#N)c3C43C4CC5CC(C4)CC3C5)cc(F)cc21. The normalized spacial score (nSPS) is 23.6. The topological polar surface area (TPSA) is 62.5 Å². The summed E-state index contributed by atoms with van der Waals surface area (Å²) >= 11 is 0. The number of fused-ring (bicyclic) bond motifs is 6. The van der Waals surface area contributed by atoms with Crippen LogP contribution in [0.15, 0.2) is 127 Å². The molecule has 6 aliphatic carbocycles. The Balaban J connectivity index is 1.01. The van der Waals surface area contributed by atoms with Gasteiger partial charge in [-0.2, -0.15) is 5.26 Å². The van der Waals surface area contributed by atoms with Crippen molar-refractivity contribution in [3.63, 3.8) is 0 Å². The minimum atomic E-state index is -0.482. The highest BCUT2D eigenvalue weighted by molar-refractivity contribution is 5.96. The maximum atomic E-state index is 16.1. The number of aromatic nitrogens is 3. The lowest BCUT2D eigenvalue weighted by molar-refractivity contribution is -0.0400. The second kappa shape index (κ2) is 12.1. The molecule has 4 fully saturated rings. The average Bonchev–Trinajstić information content (AvgIpc) is 3.67. The summed E-state index contributed by atoms with van der Waals surface area (Å²) in [5, 5.41) is 10.6. The largest absolute Gasteiger partial charge is 0.208 e. The molecule has 1 spiro atoms. The van der Waals surface area contributed by atoms with Gasteiger partial charge in [0.15, 0.2) is 17.5 Å². The molecule has 13 rings (SSSR count). The van der Waals surface area contributed by atoms with Crippen LogP contribution in [0.4, 0.5) is 4.39 Å². The molecule has 0 unspecified atom stereocenters. The van der Waals surface area contributed by atoms with Crippen LogP contribution in [-0.2, 0) is 10.8 Å². The number of benzene rings is 6. The van der Waals surface area contributed by atoms with Gasteiger partial charge in [0.25, 0.3) is 0 Å². The second-order valence-electron chi connectivity index (χ2n) is 18.1. The van der Waals surface area contributed by atoms with Crippen molar-refractivity contribution in [2.75, 3.05) is 0 Å². The lowest BCUT2D eigenvalue weighted by atomic mass is 9.43. The highest BCUT2D eigenvalue weighted by atomic mass is 19.1. The number of halogens is 1. The fraction of sp³-hybridized carbons (Fsp3) is 0.245. The molecule has 0 atom stereocenters. The summed E-state index contributed by atoms with van der Waals surface area (Å²) in [5.41, 5.74) is 14.2. The van der Waals surface area contributed by atoms with Crippen molar-refractivity contribution in [3.05, 3.63) is 161 Å². The molecule has 4 nitrogen and oxygen atoms in total. The summed E-state index contributed by atoms with van der Waals surface area (Å²) in [6.45, 7) is 4.39. The lowest BCUT2D eigenvalue weighted by Gasteiger charge is -2.61. The van der Waals surface area contributed by atoms with E-state index < -0.39 is 5.41 Å². The van der Waals surface area contributed by atoms with E-state index in [0.717, 1.165) is 67.5 Å². The van der Waals surface area contributed by atoms with E-state index in [2.05, 4.69) is 68.4 Å². The van der Waals surface area contributed by atoms with E-state index in [1.807, 2.05) is 66.7 Å². The Morgan fingerprint density at radius 2 is 1.16 bits per heavy atom. The van der Waals surface area contributed by atoms with Gasteiger partial charge in [-0.05, 0) is 142 Å². The molecule has 7 aromatic rings. The summed E-state index contributed by atoms with van der Waals surface area (Å²) in [5.74, 6) is 4.34. The molecule has 4 saturated carbocycles. The Hall–Kier alpha value is -6.25. The summed E-state index contributed by atoms with van der Waals surface area (Å²) < 4.78 is 16.1. The van der Waals surface area contributed by atoms with Gasteiger partial charge in [0.2, 0.25) is 0 Å². The van der Waals surface area contributed by atoms with Gasteiger partial charge in [-0.3, -0.25) is 0 Å². The molecule has 0 amide bonds. The van der Waals surface area contributed by atoms with Crippen LogP contribution in [0.25, 0.3) is 67.5 Å². The van der Waals surface area contributed by atoms with Crippen LogP contribution < -0.4 is 0 Å². The monoisotopic (exact) mass is 752 g/mol. The van der Waals surface area contributed by atoms with Crippen LogP contribution in [0.3, 0.4) is 0 Å². The zero-order chi connectivity index (χ0) is 38.9. The minimum absolute atomic E-state index is 0.117. The number of hydrogen-bond acceptors (Lipinski definition) is 4. The molecule has 0 saturated heterocycles. The Morgan fingerprint density at radius 1 is 0.534 bits per heavy atom. The number of nitrogens with zero attached hydrogens (tertiary/aromatic N) is 4. The maximum absolute atomic E-state index is 16.1. The number of nitriles is 1. The van der Waals surface area contributed by atoms with Crippen molar-refractivity contribution in [3.8, 4) is 73.6 Å². The Kier molecular flexibility index (Phi) is 7.08. The molecule has 5 heteroatoms. The third kappa shape index (κ3) is 4.63. The van der Waals surface area contributed by atoms with Gasteiger partial charge in [-0.1, -0.05) is 111 Å². The van der Waals surface area contributed by atoms with Gasteiger partial charge < -0.3 is 0 Å². The van der Waals surface area contributed by atoms with Crippen molar-refractivity contribution in [2.24, 2.45) is 23.7 Å². The fourth-order valence-electron chi connectivity index (χ4n) is 12.6. The zero-order valence-corrected chi connectivity index (χ0v) is 32.6. The van der Waals surface area contributed by atoms with Gasteiger partial charge in [0.05, 0.1) is 11.6 Å². The molecule has 1 heterocycles. The predicted molar refractivity (Wildman–Crippen MR) is 227 cm³/mol. The minimum Gasteiger partial charge on any atom is -0.208 e. The third-order valence-electron chi connectivity index (χ3n) is 14.8. The van der Waals surface area contributed by atoms with Gasteiger partial charge in [0, 0.05) is 27.5 Å². The van der Waals surface area contributed by atoms with E-state index in [1.165, 1.54) is 54.4 Å². The summed E-state index contributed by atoms with van der Waals surface area (Å²) in [7, 11) is 0. The van der Waals surface area contributed by atoms with Crippen molar-refractivity contribution in [2.45, 2.75) is 56.8 Å². The number of hydrogen-bond donors (Lipinski definition) is 0. The van der Waals surface area contributed by atoms with Crippen LogP contribution in [0, 0.1) is 40.8 Å². The summed E-state index contributed by atoms with van der Waals surface area (Å²) in [4.78, 5) is 15.0. The zero-order valence-electron chi connectivity index (χ0n) is 32.6. The Bertz CT molecular complexity index is 2820. The molecule has 6 aliphatic rings. The fourth-order valence-corrected chi connectivity index (χ4v) is 12.6. The van der Waals surface area contributed by atoms with Crippen molar-refractivity contribution in [1.29, 1.82) is 5.26 Å². The van der Waals surface area contributed by atoms with E-state index in [4.69, 9.17) is 15.0 Å². The van der Waals surface area contributed by atoms with Crippen LogP contribution in [-0.4, -0.2) is 15.0 Å². The summed E-state index contributed by atoms with van der Waals surface area (Å²) in [6, 6.07) is 45.9. The van der Waals surface area contributed by atoms with Crippen LogP contribution in [0.1, 0.15) is 73.8 Å². The van der Waals surface area contributed by atoms with Gasteiger partial charge in [-0.25, -0.2) is 19.3 Å². The first-order chi connectivity index (χ1) is 28.3. The highest BCUT2D eigenvalue weighted by Gasteiger charge is 2.62. The molecule has 0 radical (unpaired) electrons. The predicted octanol–water partition coefficient (Wildman–Crippen LogP) is 12.6. The van der Waals surface area contributed by atoms with Crippen LogP contribution in [0.5, 0.6) is 0 Å². The van der Waals surface area contributed by atoms with E-state index in [-0.39, 0.29) is 11.2 Å². The van der Waals surface area contributed by atoms with E-state index in [9.17, 15) is 5.26 Å². The molecule has 0 aliphatic heterocycles. The number of rotatable bonds is 4. The van der Waals surface area contributed by atoms with Gasteiger partial charge in [-0.15, -0.1) is 0 Å². The Labute approximate surface area is 338 Å². The molecular formula is C53H41FN4. The van der Waals surface area contributed by atoms with Crippen molar-refractivity contribution < 1.29 is 4.39 Å². The van der Waals surface area contributed by atoms with Gasteiger partial charge in [0.1, 0.15) is 5.82 Å². The van der Waals surface area contributed by atoms with Gasteiger partial charge >= 0.3 is 0 Å². The highest BCUT2D eigenvalue weighted by Crippen LogP contribution is 2.70. The maximum Gasteiger partial charge on any atom is 0.164 e. The third-order valence-corrected chi connectivity index (χ3v) is 14.8. The van der Waals surface area contributed by atoms with E-state index in [0.29, 0.717) is 29.3 Å². The standard InChI is InChI=1S/C53H41FN4/c1-52(2)45-26-35(51-57-49(32-10-5-3-6-11-32)56-50(58-51)33-12-7-4-8-13-33)16-18-41(45)47-42(27-39(54)28-46(47)52)34-17-19-44-43(25-34)40-15-9-14-36(29-55)48(40)53(44)37-21-30-20-31(23-37)24-38(53)22-30/h3-19,25-28,30-31,37-38H,20-24H2,1-2H3. The first-order valence-electron chi connectivity index (χ1n) is 20.9. The second-order valence-corrected chi connectivity index (χ2v) is 18.1. The molecular weight excluding hydrogens is 712 g/mol.